The summed E-state index contributed by atoms with van der Waals surface area (Å²) >= 11 is 0. The molecule has 0 spiro atoms. The summed E-state index contributed by atoms with van der Waals surface area (Å²) in [5, 5.41) is 6.78. The van der Waals surface area contributed by atoms with E-state index in [0.717, 1.165) is 57.1 Å². The number of halogens is 1. The van der Waals surface area contributed by atoms with E-state index in [1.165, 1.54) is 18.2 Å². The van der Waals surface area contributed by atoms with Crippen molar-refractivity contribution in [2.75, 3.05) is 49.8 Å². The molecule has 1 unspecified atom stereocenters. The number of pyridine rings is 2. The lowest BCUT2D eigenvalue weighted by atomic mass is 10.2. The molecule has 1 saturated carbocycles. The third-order valence-electron chi connectivity index (χ3n) is 8.59. The Kier molecular flexibility index (Phi) is 8.84. The van der Waals surface area contributed by atoms with E-state index in [1.54, 1.807) is 30.0 Å². The summed E-state index contributed by atoms with van der Waals surface area (Å²) in [5.41, 5.74) is 2.06. The quantitative estimate of drug-likeness (QED) is 0.225. The number of amides is 1. The first-order valence-corrected chi connectivity index (χ1v) is 15.3. The van der Waals surface area contributed by atoms with Gasteiger partial charge in [-0.05, 0) is 57.6 Å². The molecule has 12 nitrogen and oxygen atoms in total. The maximum Gasteiger partial charge on any atom is 0.295 e. The summed E-state index contributed by atoms with van der Waals surface area (Å²) in [7, 11) is 5.71. The second-order valence-corrected chi connectivity index (χ2v) is 11.8. The minimum Gasteiger partial charge on any atom is -0.494 e. The smallest absolute Gasteiger partial charge is 0.295 e. The van der Waals surface area contributed by atoms with Crippen LogP contribution < -0.4 is 30.6 Å². The molecule has 3 aromatic heterocycles. The number of methoxy groups -OCH3 is 1. The zero-order valence-electron chi connectivity index (χ0n) is 26.1. The minimum absolute atomic E-state index is 0.0566. The molecule has 6 rings (SSSR count). The number of fused-ring (bicyclic) bond motifs is 1. The van der Waals surface area contributed by atoms with Crippen molar-refractivity contribution in [3.05, 3.63) is 71.6 Å². The minimum atomic E-state index is -0.502. The fourth-order valence-corrected chi connectivity index (χ4v) is 6.15. The highest BCUT2D eigenvalue weighted by Gasteiger charge is 2.28. The number of hydrogen-bond acceptors (Lipinski definition) is 10. The SMILES string of the molecule is C=CC(=O)Nc1cc(Nc2ncc3cc(Oc4ccc(F)cn4)c(=O)n(C4CCCC4)c3n2)c(OC)cc1N1CCC(N(C)C)C1. The maximum atomic E-state index is 13.8. The van der Waals surface area contributed by atoms with E-state index in [0.29, 0.717) is 34.2 Å². The van der Waals surface area contributed by atoms with Gasteiger partial charge in [0.1, 0.15) is 17.2 Å². The number of aromatic nitrogens is 4. The van der Waals surface area contributed by atoms with Gasteiger partial charge in [-0.2, -0.15) is 4.98 Å². The normalized spacial score (nSPS) is 16.6. The van der Waals surface area contributed by atoms with Crippen LogP contribution in [0.25, 0.3) is 11.0 Å². The van der Waals surface area contributed by atoms with E-state index >= 15 is 0 Å². The fraction of sp³-hybridized carbons (Fsp3) is 0.364. The van der Waals surface area contributed by atoms with Crippen LogP contribution in [0.15, 0.2) is 60.2 Å². The molecule has 1 saturated heterocycles. The van der Waals surface area contributed by atoms with Crippen molar-refractivity contribution in [2.45, 2.75) is 44.2 Å². The Morgan fingerprint density at radius 3 is 2.57 bits per heavy atom. The van der Waals surface area contributed by atoms with Crippen LogP contribution in [0.1, 0.15) is 38.1 Å². The molecule has 0 radical (unpaired) electrons. The molecule has 2 aliphatic rings. The standard InChI is InChI=1S/C33H37FN8O4/c1-5-29(43)37-24-15-25(27(45-4)16-26(24)41-13-12-23(19-41)40(2)3)38-33-36-17-20-14-28(46-30-11-10-21(34)18-35-30)32(44)42(31(20)39-33)22-8-6-7-9-22/h5,10-11,14-18,22-23H,1,6-9,12-13,19H2,2-4H3,(H,37,43)(H,36,38,39). The van der Waals surface area contributed by atoms with E-state index in [2.05, 4.69) is 51.1 Å². The van der Waals surface area contributed by atoms with E-state index in [-0.39, 0.29) is 35.1 Å². The van der Waals surface area contributed by atoms with Gasteiger partial charge in [0.25, 0.3) is 5.56 Å². The number of carbonyl (C=O) groups is 1. The van der Waals surface area contributed by atoms with Crippen molar-refractivity contribution in [2.24, 2.45) is 0 Å². The second kappa shape index (κ2) is 13.1. The van der Waals surface area contributed by atoms with Crippen LogP contribution >= 0.6 is 0 Å². The van der Waals surface area contributed by atoms with Crippen molar-refractivity contribution >= 4 is 40.0 Å². The van der Waals surface area contributed by atoms with Gasteiger partial charge < -0.3 is 29.9 Å². The lowest BCUT2D eigenvalue weighted by Crippen LogP contribution is -2.31. The zero-order chi connectivity index (χ0) is 32.4. The summed E-state index contributed by atoms with van der Waals surface area (Å²) in [6.07, 6.45) is 8.52. The van der Waals surface area contributed by atoms with Gasteiger partial charge in [0.05, 0.1) is 30.4 Å². The van der Waals surface area contributed by atoms with Gasteiger partial charge in [0, 0.05) is 48.9 Å². The first-order valence-electron chi connectivity index (χ1n) is 15.3. The molecule has 1 atom stereocenters. The molecular formula is C33H37FN8O4. The fourth-order valence-electron chi connectivity index (χ4n) is 6.15. The zero-order valence-corrected chi connectivity index (χ0v) is 26.1. The number of rotatable bonds is 10. The molecule has 1 amide bonds. The first-order chi connectivity index (χ1) is 22.2. The first kappa shape index (κ1) is 31.0. The van der Waals surface area contributed by atoms with Crippen molar-refractivity contribution in [3.63, 3.8) is 0 Å². The van der Waals surface area contributed by atoms with Crippen LogP contribution in [0.4, 0.5) is 27.4 Å². The highest BCUT2D eigenvalue weighted by molar-refractivity contribution is 6.02. The van der Waals surface area contributed by atoms with E-state index in [4.69, 9.17) is 14.5 Å². The van der Waals surface area contributed by atoms with Gasteiger partial charge in [-0.3, -0.25) is 14.2 Å². The molecule has 0 bridgehead atoms. The summed E-state index contributed by atoms with van der Waals surface area (Å²) in [5.74, 6) is 0.105. The average molecular weight is 629 g/mol. The van der Waals surface area contributed by atoms with Gasteiger partial charge in [0.2, 0.25) is 17.7 Å². The summed E-state index contributed by atoms with van der Waals surface area (Å²) in [4.78, 5) is 43.9. The predicted octanol–water partition coefficient (Wildman–Crippen LogP) is 5.25. The predicted molar refractivity (Wildman–Crippen MR) is 175 cm³/mol. The summed E-state index contributed by atoms with van der Waals surface area (Å²) in [6.45, 7) is 5.23. The monoisotopic (exact) mass is 628 g/mol. The largest absolute Gasteiger partial charge is 0.494 e. The van der Waals surface area contributed by atoms with Crippen LogP contribution in [-0.2, 0) is 4.79 Å². The Bertz CT molecular complexity index is 1820. The molecule has 2 fully saturated rings. The number of hydrogen-bond donors (Lipinski definition) is 2. The molecule has 240 valence electrons. The van der Waals surface area contributed by atoms with E-state index < -0.39 is 5.82 Å². The summed E-state index contributed by atoms with van der Waals surface area (Å²) in [6, 6.07) is 8.17. The van der Waals surface area contributed by atoms with Crippen LogP contribution in [0.5, 0.6) is 17.4 Å². The topological polar surface area (TPSA) is 127 Å². The van der Waals surface area contributed by atoms with Crippen LogP contribution in [0, 0.1) is 5.82 Å². The van der Waals surface area contributed by atoms with Gasteiger partial charge >= 0.3 is 0 Å². The van der Waals surface area contributed by atoms with Crippen molar-refractivity contribution in [1.82, 2.24) is 24.4 Å². The molecule has 4 heterocycles. The Morgan fingerprint density at radius 2 is 1.89 bits per heavy atom. The highest BCUT2D eigenvalue weighted by atomic mass is 19.1. The van der Waals surface area contributed by atoms with Crippen molar-refractivity contribution in [3.8, 4) is 17.4 Å². The number of carbonyl (C=O) groups excluding carboxylic acids is 1. The number of anilines is 4. The molecule has 13 heteroatoms. The molecular weight excluding hydrogens is 591 g/mol. The number of likely N-dealkylation sites (N-methyl/N-ethyl adjacent to an activating group) is 1. The van der Waals surface area contributed by atoms with E-state index in [9.17, 15) is 14.0 Å². The summed E-state index contributed by atoms with van der Waals surface area (Å²) < 4.78 is 26.7. The van der Waals surface area contributed by atoms with Gasteiger partial charge in [-0.15, -0.1) is 0 Å². The second-order valence-electron chi connectivity index (χ2n) is 11.8. The van der Waals surface area contributed by atoms with Gasteiger partial charge in [0.15, 0.2) is 5.75 Å². The lowest BCUT2D eigenvalue weighted by Gasteiger charge is -2.25. The molecule has 1 aliphatic heterocycles. The highest BCUT2D eigenvalue weighted by Crippen LogP contribution is 2.40. The van der Waals surface area contributed by atoms with Crippen LogP contribution in [-0.4, -0.2) is 70.7 Å². The molecule has 2 N–H and O–H groups in total. The number of nitrogens with zero attached hydrogens (tertiary/aromatic N) is 6. The average Bonchev–Trinajstić information content (AvgIpc) is 3.76. The van der Waals surface area contributed by atoms with Gasteiger partial charge in [-0.25, -0.2) is 14.4 Å². The Morgan fingerprint density at radius 1 is 1.09 bits per heavy atom. The number of nitrogens with one attached hydrogen (secondary N) is 2. The molecule has 4 aromatic rings. The molecule has 1 aromatic carbocycles. The Labute approximate surface area is 265 Å². The van der Waals surface area contributed by atoms with Crippen LogP contribution in [0.2, 0.25) is 0 Å². The third-order valence-corrected chi connectivity index (χ3v) is 8.59. The Hall–Kier alpha value is -5.04. The third kappa shape index (κ3) is 6.36. The van der Waals surface area contributed by atoms with Crippen molar-refractivity contribution in [1.29, 1.82) is 0 Å². The van der Waals surface area contributed by atoms with Gasteiger partial charge in [-0.1, -0.05) is 19.4 Å². The van der Waals surface area contributed by atoms with Crippen molar-refractivity contribution < 1.29 is 18.7 Å². The Balaban J connectivity index is 1.38. The maximum absolute atomic E-state index is 13.8. The number of benzene rings is 1. The molecule has 1 aliphatic carbocycles. The number of ether oxygens (including phenoxy) is 2. The molecule has 46 heavy (non-hydrogen) atoms. The van der Waals surface area contributed by atoms with E-state index in [1.807, 2.05) is 6.07 Å². The van der Waals surface area contributed by atoms with Crippen LogP contribution in [0.3, 0.4) is 0 Å². The lowest BCUT2D eigenvalue weighted by molar-refractivity contribution is -0.111.